The van der Waals surface area contributed by atoms with E-state index < -0.39 is 5.97 Å². The van der Waals surface area contributed by atoms with Crippen LogP contribution in [0, 0.1) is 0 Å². The van der Waals surface area contributed by atoms with Crippen LogP contribution in [0.3, 0.4) is 0 Å². The van der Waals surface area contributed by atoms with E-state index in [1.807, 2.05) is 0 Å². The molecular formula is C14H15ClN4O2. The van der Waals surface area contributed by atoms with Crippen LogP contribution in [0.5, 0.6) is 0 Å². The quantitative estimate of drug-likeness (QED) is 0.848. The molecule has 1 aliphatic rings. The lowest BCUT2D eigenvalue weighted by Crippen LogP contribution is -2.10. The second kappa shape index (κ2) is 5.29. The predicted octanol–water partition coefficient (Wildman–Crippen LogP) is 2.47. The number of rotatable bonds is 4. The largest absolute Gasteiger partial charge is 0.465 e. The van der Waals surface area contributed by atoms with E-state index in [1.165, 1.54) is 11.8 Å². The molecule has 1 aliphatic carbocycles. The molecule has 3 N–H and O–H groups in total. The summed E-state index contributed by atoms with van der Waals surface area (Å²) in [5.41, 5.74) is 7.06. The van der Waals surface area contributed by atoms with Crippen LogP contribution in [0.1, 0.15) is 23.2 Å². The lowest BCUT2D eigenvalue weighted by Gasteiger charge is -2.04. The van der Waals surface area contributed by atoms with Crippen molar-refractivity contribution in [2.75, 3.05) is 18.2 Å². The minimum atomic E-state index is -0.504. The van der Waals surface area contributed by atoms with E-state index in [2.05, 4.69) is 10.4 Å². The van der Waals surface area contributed by atoms with Gasteiger partial charge in [-0.1, -0.05) is 11.6 Å². The molecule has 1 heterocycles. The zero-order valence-electron chi connectivity index (χ0n) is 11.5. The molecule has 0 unspecified atom stereocenters. The fourth-order valence-corrected chi connectivity index (χ4v) is 2.16. The first-order valence-electron chi connectivity index (χ1n) is 6.59. The number of esters is 1. The lowest BCUT2D eigenvalue weighted by atomic mass is 10.3. The number of methoxy groups -OCH3 is 1. The molecule has 0 spiro atoms. The molecule has 0 aliphatic heterocycles. The smallest absolute Gasteiger partial charge is 0.345 e. The van der Waals surface area contributed by atoms with Gasteiger partial charge in [0.1, 0.15) is 11.4 Å². The van der Waals surface area contributed by atoms with Crippen molar-refractivity contribution < 1.29 is 9.53 Å². The van der Waals surface area contributed by atoms with Gasteiger partial charge in [0.05, 0.1) is 12.8 Å². The maximum atomic E-state index is 11.9. The highest BCUT2D eigenvalue weighted by Crippen LogP contribution is 2.31. The van der Waals surface area contributed by atoms with Crippen molar-refractivity contribution in [3.05, 3.63) is 34.9 Å². The van der Waals surface area contributed by atoms with Crippen molar-refractivity contribution in [2.45, 2.75) is 18.9 Å². The second-order valence-corrected chi connectivity index (χ2v) is 5.34. The Labute approximate surface area is 126 Å². The predicted molar refractivity (Wildman–Crippen MR) is 81.0 cm³/mol. The van der Waals surface area contributed by atoms with Crippen molar-refractivity contribution in [2.24, 2.45) is 0 Å². The molecule has 0 atom stereocenters. The van der Waals surface area contributed by atoms with Gasteiger partial charge in [-0.15, -0.1) is 5.10 Å². The highest BCUT2D eigenvalue weighted by atomic mass is 35.5. The summed E-state index contributed by atoms with van der Waals surface area (Å²) in [6, 6.07) is 7.40. The first-order valence-corrected chi connectivity index (χ1v) is 6.97. The molecule has 0 saturated heterocycles. The molecule has 7 heteroatoms. The number of halogens is 1. The molecular weight excluding hydrogens is 292 g/mol. The molecule has 1 fully saturated rings. The van der Waals surface area contributed by atoms with E-state index in [-0.39, 0.29) is 11.4 Å². The summed E-state index contributed by atoms with van der Waals surface area (Å²) in [6.07, 6.45) is 2.13. The second-order valence-electron chi connectivity index (χ2n) is 4.91. The Hall–Kier alpha value is -2.21. The number of nitrogens with zero attached hydrogens (tertiary/aromatic N) is 2. The number of anilines is 2. The van der Waals surface area contributed by atoms with Gasteiger partial charge in [-0.05, 0) is 37.1 Å². The lowest BCUT2D eigenvalue weighted by molar-refractivity contribution is 0.0603. The maximum Gasteiger partial charge on any atom is 0.345 e. The fraction of sp³-hybridized carbons (Fsp3) is 0.286. The number of carbonyl (C=O) groups is 1. The number of ether oxygens (including phenoxy) is 1. The average Bonchev–Trinajstić information content (AvgIpc) is 3.23. The number of carbonyl (C=O) groups excluding carboxylic acids is 1. The molecule has 3 rings (SSSR count). The van der Waals surface area contributed by atoms with E-state index >= 15 is 0 Å². The molecule has 0 radical (unpaired) electrons. The standard InChI is InChI=1S/C14H15ClN4O2/c1-21-14(20)11-12(16)19(10-6-2-8(15)3-7-10)18-13(11)17-9-4-5-9/h2-3,6-7,9H,4-5,16H2,1H3,(H,17,18). The molecule has 0 bridgehead atoms. The van der Waals surface area contributed by atoms with E-state index in [4.69, 9.17) is 22.1 Å². The number of aromatic nitrogens is 2. The zero-order valence-corrected chi connectivity index (χ0v) is 12.2. The van der Waals surface area contributed by atoms with E-state index in [9.17, 15) is 4.79 Å². The Morgan fingerprint density at radius 3 is 2.67 bits per heavy atom. The minimum Gasteiger partial charge on any atom is -0.465 e. The first kappa shape index (κ1) is 13.8. The summed E-state index contributed by atoms with van der Waals surface area (Å²) >= 11 is 5.88. The van der Waals surface area contributed by atoms with Crippen LogP contribution in [0.25, 0.3) is 5.69 Å². The average molecular weight is 307 g/mol. The zero-order chi connectivity index (χ0) is 15.0. The van der Waals surface area contributed by atoms with Crippen LogP contribution in [0.4, 0.5) is 11.6 Å². The van der Waals surface area contributed by atoms with Crippen LogP contribution in [0.2, 0.25) is 5.02 Å². The third kappa shape index (κ3) is 2.67. The van der Waals surface area contributed by atoms with Crippen molar-refractivity contribution in [3.63, 3.8) is 0 Å². The summed E-state index contributed by atoms with van der Waals surface area (Å²) in [6.45, 7) is 0. The van der Waals surface area contributed by atoms with Gasteiger partial charge >= 0.3 is 5.97 Å². The summed E-state index contributed by atoms with van der Waals surface area (Å²) in [4.78, 5) is 11.9. The molecule has 2 aromatic rings. The van der Waals surface area contributed by atoms with Gasteiger partial charge in [-0.2, -0.15) is 0 Å². The molecule has 1 aromatic heterocycles. The summed E-state index contributed by atoms with van der Waals surface area (Å²) in [7, 11) is 1.32. The van der Waals surface area contributed by atoms with Gasteiger partial charge in [0.15, 0.2) is 5.82 Å². The van der Waals surface area contributed by atoms with Crippen LogP contribution in [-0.4, -0.2) is 28.9 Å². The van der Waals surface area contributed by atoms with Crippen molar-refractivity contribution in [1.29, 1.82) is 0 Å². The topological polar surface area (TPSA) is 82.2 Å². The third-order valence-corrected chi connectivity index (χ3v) is 3.55. The SMILES string of the molecule is COC(=O)c1c(NC2CC2)nn(-c2ccc(Cl)cc2)c1N. The Morgan fingerprint density at radius 2 is 2.10 bits per heavy atom. The third-order valence-electron chi connectivity index (χ3n) is 3.30. The van der Waals surface area contributed by atoms with Crippen LogP contribution >= 0.6 is 11.6 Å². The normalized spacial score (nSPS) is 14.0. The number of benzene rings is 1. The Kier molecular flexibility index (Phi) is 3.47. The highest BCUT2D eigenvalue weighted by molar-refractivity contribution is 6.30. The van der Waals surface area contributed by atoms with E-state index in [0.717, 1.165) is 18.5 Å². The molecule has 0 amide bonds. The minimum absolute atomic E-state index is 0.243. The summed E-state index contributed by atoms with van der Waals surface area (Å²) in [5.74, 6) is 0.194. The van der Waals surface area contributed by atoms with Gasteiger partial charge in [0.25, 0.3) is 0 Å². The first-order chi connectivity index (χ1) is 10.1. The number of nitrogens with two attached hydrogens (primary N) is 1. The Bertz CT molecular complexity index is 677. The van der Waals surface area contributed by atoms with Crippen LogP contribution in [0.15, 0.2) is 24.3 Å². The van der Waals surface area contributed by atoms with Gasteiger partial charge in [0, 0.05) is 11.1 Å². The number of hydrogen-bond acceptors (Lipinski definition) is 5. The fourth-order valence-electron chi connectivity index (χ4n) is 2.04. The summed E-state index contributed by atoms with van der Waals surface area (Å²) in [5, 5.41) is 8.22. The highest BCUT2D eigenvalue weighted by Gasteiger charge is 2.29. The number of hydrogen-bond donors (Lipinski definition) is 2. The van der Waals surface area contributed by atoms with Crippen molar-refractivity contribution >= 4 is 29.2 Å². The molecule has 6 nitrogen and oxygen atoms in total. The van der Waals surface area contributed by atoms with Gasteiger partial charge in [-0.3, -0.25) is 0 Å². The number of nitrogens with one attached hydrogen (secondary N) is 1. The molecule has 110 valence electrons. The maximum absolute atomic E-state index is 11.9. The Morgan fingerprint density at radius 1 is 1.43 bits per heavy atom. The van der Waals surface area contributed by atoms with E-state index in [0.29, 0.717) is 16.9 Å². The van der Waals surface area contributed by atoms with Crippen molar-refractivity contribution in [1.82, 2.24) is 9.78 Å². The number of nitrogen functional groups attached to an aromatic ring is 1. The van der Waals surface area contributed by atoms with E-state index in [1.54, 1.807) is 24.3 Å². The van der Waals surface area contributed by atoms with Gasteiger partial charge in [-0.25, -0.2) is 9.48 Å². The van der Waals surface area contributed by atoms with Crippen LogP contribution in [-0.2, 0) is 4.74 Å². The van der Waals surface area contributed by atoms with Crippen LogP contribution < -0.4 is 11.1 Å². The summed E-state index contributed by atoms with van der Waals surface area (Å²) < 4.78 is 6.30. The van der Waals surface area contributed by atoms with Crippen molar-refractivity contribution in [3.8, 4) is 5.69 Å². The van der Waals surface area contributed by atoms with Gasteiger partial charge in [0.2, 0.25) is 0 Å². The molecule has 21 heavy (non-hydrogen) atoms. The molecule has 1 saturated carbocycles. The monoisotopic (exact) mass is 306 g/mol. The van der Waals surface area contributed by atoms with Gasteiger partial charge < -0.3 is 15.8 Å². The Balaban J connectivity index is 2.06. The molecule has 1 aromatic carbocycles.